The van der Waals surface area contributed by atoms with Gasteiger partial charge in [-0.1, -0.05) is 0 Å². The zero-order valence-electron chi connectivity index (χ0n) is 9.79. The van der Waals surface area contributed by atoms with Crippen LogP contribution in [-0.4, -0.2) is 35.5 Å². The van der Waals surface area contributed by atoms with Crippen molar-refractivity contribution >= 4 is 34.3 Å². The molecule has 1 aromatic rings. The van der Waals surface area contributed by atoms with Gasteiger partial charge in [-0.15, -0.1) is 0 Å². The summed E-state index contributed by atoms with van der Waals surface area (Å²) in [6.45, 7) is 5.19. The summed E-state index contributed by atoms with van der Waals surface area (Å²) in [6.07, 6.45) is 1.35. The molecular formula is C10H15IN4O2. The van der Waals surface area contributed by atoms with Crippen molar-refractivity contribution in [3.05, 3.63) is 20.3 Å². The van der Waals surface area contributed by atoms with E-state index in [1.807, 2.05) is 36.4 Å². The van der Waals surface area contributed by atoms with Gasteiger partial charge in [-0.2, -0.15) is 0 Å². The first-order valence-corrected chi connectivity index (χ1v) is 6.42. The van der Waals surface area contributed by atoms with Gasteiger partial charge >= 0.3 is 0 Å². The largest absolute Gasteiger partial charge is 0.355 e. The fourth-order valence-electron chi connectivity index (χ4n) is 1.36. The highest BCUT2D eigenvalue weighted by Crippen LogP contribution is 2.14. The Morgan fingerprint density at radius 1 is 1.59 bits per heavy atom. The van der Waals surface area contributed by atoms with Crippen LogP contribution in [0.2, 0.25) is 0 Å². The van der Waals surface area contributed by atoms with Crippen LogP contribution in [0.3, 0.4) is 0 Å². The van der Waals surface area contributed by atoms with E-state index in [-0.39, 0.29) is 18.0 Å². The number of halogens is 1. The number of nitrogens with zero attached hydrogens (tertiary/aromatic N) is 2. The van der Waals surface area contributed by atoms with Crippen LogP contribution in [0.25, 0.3) is 0 Å². The number of aromatic nitrogens is 2. The number of aromatic amines is 1. The molecule has 0 unspecified atom stereocenters. The van der Waals surface area contributed by atoms with Gasteiger partial charge in [0.1, 0.15) is 9.39 Å². The van der Waals surface area contributed by atoms with E-state index in [1.54, 1.807) is 4.90 Å². The van der Waals surface area contributed by atoms with Crippen molar-refractivity contribution in [2.45, 2.75) is 13.8 Å². The first kappa shape index (κ1) is 13.9. The predicted octanol–water partition coefficient (Wildman–Crippen LogP) is 0.337. The SMILES string of the molecule is CCNC(=O)CN(CC)c1nc[nH]c(=O)c1I. The van der Waals surface area contributed by atoms with Crippen molar-refractivity contribution in [3.63, 3.8) is 0 Å². The summed E-state index contributed by atoms with van der Waals surface area (Å²) in [4.78, 5) is 31.3. The number of carbonyl (C=O) groups is 1. The quantitative estimate of drug-likeness (QED) is 0.751. The van der Waals surface area contributed by atoms with E-state index in [4.69, 9.17) is 0 Å². The highest BCUT2D eigenvalue weighted by atomic mass is 127. The van der Waals surface area contributed by atoms with Crippen molar-refractivity contribution in [2.75, 3.05) is 24.5 Å². The number of nitrogens with one attached hydrogen (secondary N) is 2. The molecule has 0 saturated carbocycles. The lowest BCUT2D eigenvalue weighted by molar-refractivity contribution is -0.119. The lowest BCUT2D eigenvalue weighted by atomic mass is 10.4. The molecule has 2 N–H and O–H groups in total. The number of likely N-dealkylation sites (N-methyl/N-ethyl adjacent to an activating group) is 2. The summed E-state index contributed by atoms with van der Waals surface area (Å²) >= 11 is 1.93. The molecule has 1 aromatic heterocycles. The third-order valence-electron chi connectivity index (χ3n) is 2.17. The second-order valence-corrected chi connectivity index (χ2v) is 4.42. The molecule has 0 fully saturated rings. The summed E-state index contributed by atoms with van der Waals surface area (Å²) in [6, 6.07) is 0. The molecule has 0 aliphatic carbocycles. The molecule has 0 saturated heterocycles. The Morgan fingerprint density at radius 3 is 2.88 bits per heavy atom. The maximum atomic E-state index is 11.5. The monoisotopic (exact) mass is 350 g/mol. The fraction of sp³-hybridized carbons (Fsp3) is 0.500. The topological polar surface area (TPSA) is 78.1 Å². The van der Waals surface area contributed by atoms with Gasteiger partial charge in [-0.3, -0.25) is 9.59 Å². The molecule has 0 bridgehead atoms. The van der Waals surface area contributed by atoms with Crippen LogP contribution in [0.1, 0.15) is 13.8 Å². The van der Waals surface area contributed by atoms with Crippen LogP contribution < -0.4 is 15.8 Å². The number of hydrogen-bond donors (Lipinski definition) is 2. The number of amides is 1. The summed E-state index contributed by atoms with van der Waals surface area (Å²) < 4.78 is 0.497. The summed E-state index contributed by atoms with van der Waals surface area (Å²) in [5.41, 5.74) is -0.190. The maximum Gasteiger partial charge on any atom is 0.266 e. The number of carbonyl (C=O) groups excluding carboxylic acids is 1. The molecule has 1 rings (SSSR count). The summed E-state index contributed by atoms with van der Waals surface area (Å²) in [5, 5.41) is 2.72. The molecule has 0 aliphatic rings. The Labute approximate surface area is 113 Å². The summed E-state index contributed by atoms with van der Waals surface area (Å²) in [5.74, 6) is 0.468. The van der Waals surface area contributed by atoms with Crippen molar-refractivity contribution in [1.29, 1.82) is 0 Å². The minimum Gasteiger partial charge on any atom is -0.355 e. The minimum atomic E-state index is -0.190. The van der Waals surface area contributed by atoms with E-state index >= 15 is 0 Å². The van der Waals surface area contributed by atoms with Gasteiger partial charge < -0.3 is 15.2 Å². The number of anilines is 1. The number of rotatable bonds is 5. The minimum absolute atomic E-state index is 0.0766. The third kappa shape index (κ3) is 3.69. The highest BCUT2D eigenvalue weighted by Gasteiger charge is 2.15. The lowest BCUT2D eigenvalue weighted by Gasteiger charge is -2.21. The lowest BCUT2D eigenvalue weighted by Crippen LogP contribution is -2.38. The van der Waals surface area contributed by atoms with Crippen LogP contribution in [0.5, 0.6) is 0 Å². The molecule has 7 heteroatoms. The molecule has 17 heavy (non-hydrogen) atoms. The Bertz CT molecular complexity index is 446. The average Bonchev–Trinajstić information content (AvgIpc) is 2.30. The van der Waals surface area contributed by atoms with Gasteiger partial charge in [0.05, 0.1) is 12.9 Å². The van der Waals surface area contributed by atoms with Crippen LogP contribution in [0.15, 0.2) is 11.1 Å². The molecular weight excluding hydrogens is 335 g/mol. The van der Waals surface area contributed by atoms with E-state index in [0.29, 0.717) is 22.5 Å². The van der Waals surface area contributed by atoms with Crippen molar-refractivity contribution in [2.24, 2.45) is 0 Å². The van der Waals surface area contributed by atoms with E-state index in [2.05, 4.69) is 15.3 Å². The van der Waals surface area contributed by atoms with Crippen LogP contribution in [-0.2, 0) is 4.79 Å². The predicted molar refractivity (Wildman–Crippen MR) is 74.1 cm³/mol. The third-order valence-corrected chi connectivity index (χ3v) is 3.14. The first-order chi connectivity index (χ1) is 8.10. The molecule has 1 amide bonds. The van der Waals surface area contributed by atoms with Crippen molar-refractivity contribution in [3.8, 4) is 0 Å². The highest BCUT2D eigenvalue weighted by molar-refractivity contribution is 14.1. The molecule has 6 nitrogen and oxygen atoms in total. The van der Waals surface area contributed by atoms with Gasteiger partial charge in [0, 0.05) is 13.1 Å². The zero-order valence-corrected chi connectivity index (χ0v) is 11.9. The summed E-state index contributed by atoms with van der Waals surface area (Å²) in [7, 11) is 0. The normalized spacial score (nSPS) is 10.1. The van der Waals surface area contributed by atoms with Gasteiger partial charge in [-0.25, -0.2) is 4.98 Å². The molecule has 0 spiro atoms. The van der Waals surface area contributed by atoms with E-state index in [9.17, 15) is 9.59 Å². The first-order valence-electron chi connectivity index (χ1n) is 5.35. The van der Waals surface area contributed by atoms with E-state index in [1.165, 1.54) is 6.33 Å². The molecule has 0 atom stereocenters. The molecule has 1 heterocycles. The van der Waals surface area contributed by atoms with Crippen LogP contribution >= 0.6 is 22.6 Å². The molecule has 0 aromatic carbocycles. The standard InChI is InChI=1S/C10H15IN4O2/c1-3-12-7(16)5-15(4-2)9-8(11)10(17)14-6-13-9/h6H,3-5H2,1-2H3,(H,12,16)(H,13,14,17). The zero-order chi connectivity index (χ0) is 12.8. The van der Waals surface area contributed by atoms with E-state index < -0.39 is 0 Å². The Kier molecular flexibility index (Phi) is 5.39. The van der Waals surface area contributed by atoms with Crippen molar-refractivity contribution < 1.29 is 4.79 Å². The van der Waals surface area contributed by atoms with Gasteiger partial charge in [0.25, 0.3) is 5.56 Å². The smallest absolute Gasteiger partial charge is 0.266 e. The number of H-pyrrole nitrogens is 1. The molecule has 0 aliphatic heterocycles. The molecule has 0 radical (unpaired) electrons. The van der Waals surface area contributed by atoms with Gasteiger partial charge in [-0.05, 0) is 36.4 Å². The second-order valence-electron chi connectivity index (χ2n) is 3.34. The average molecular weight is 350 g/mol. The van der Waals surface area contributed by atoms with Crippen LogP contribution in [0.4, 0.5) is 5.82 Å². The van der Waals surface area contributed by atoms with E-state index in [0.717, 1.165) is 0 Å². The Balaban J connectivity index is 2.90. The van der Waals surface area contributed by atoms with Gasteiger partial charge in [0.15, 0.2) is 0 Å². The second kappa shape index (κ2) is 6.58. The van der Waals surface area contributed by atoms with Gasteiger partial charge in [0.2, 0.25) is 5.91 Å². The Hall–Kier alpha value is -1.12. The molecule has 94 valence electrons. The van der Waals surface area contributed by atoms with Crippen molar-refractivity contribution in [1.82, 2.24) is 15.3 Å². The number of hydrogen-bond acceptors (Lipinski definition) is 4. The Morgan fingerprint density at radius 2 is 2.29 bits per heavy atom. The van der Waals surface area contributed by atoms with Crippen LogP contribution in [0, 0.1) is 3.57 Å². The fourth-order valence-corrected chi connectivity index (χ4v) is 1.99. The maximum absolute atomic E-state index is 11.5.